The molecule has 1 nitrogen and oxygen atoms in total. The summed E-state index contributed by atoms with van der Waals surface area (Å²) in [7, 11) is 0. The lowest BCUT2D eigenvalue weighted by Gasteiger charge is -2.18. The average Bonchev–Trinajstić information content (AvgIpc) is 2.14. The zero-order valence-electron chi connectivity index (χ0n) is 10.1. The predicted molar refractivity (Wildman–Crippen MR) is 64.2 cm³/mol. The Labute approximate surface area is 92.5 Å². The highest BCUT2D eigenvalue weighted by Crippen LogP contribution is 2.22. The number of ketones is 1. The Balaban J connectivity index is 2.81. The Bertz CT molecular complexity index is 345. The van der Waals surface area contributed by atoms with Crippen LogP contribution in [0.1, 0.15) is 50.0 Å². The van der Waals surface area contributed by atoms with Gasteiger partial charge in [0.05, 0.1) is 0 Å². The molecule has 0 aliphatic heterocycles. The van der Waals surface area contributed by atoms with Gasteiger partial charge in [0.1, 0.15) is 0 Å². The topological polar surface area (TPSA) is 17.1 Å². The van der Waals surface area contributed by atoms with E-state index in [0.717, 1.165) is 18.4 Å². The molecule has 0 heterocycles. The summed E-state index contributed by atoms with van der Waals surface area (Å²) in [5, 5.41) is 0. The van der Waals surface area contributed by atoms with E-state index >= 15 is 0 Å². The number of carbonyl (C=O) groups is 1. The molecule has 1 aromatic rings. The van der Waals surface area contributed by atoms with Crippen molar-refractivity contribution in [1.82, 2.24) is 0 Å². The van der Waals surface area contributed by atoms with Crippen LogP contribution in [-0.4, -0.2) is 5.78 Å². The van der Waals surface area contributed by atoms with Gasteiger partial charge in [-0.25, -0.2) is 0 Å². The third kappa shape index (κ3) is 3.86. The van der Waals surface area contributed by atoms with E-state index < -0.39 is 0 Å². The highest BCUT2D eigenvalue weighted by molar-refractivity contribution is 5.95. The molecule has 0 saturated heterocycles. The largest absolute Gasteiger partial charge is 0.295 e. The van der Waals surface area contributed by atoms with Crippen LogP contribution in [0.5, 0.6) is 0 Å². The van der Waals surface area contributed by atoms with E-state index in [2.05, 4.69) is 26.8 Å². The normalized spacial score (nSPS) is 11.5. The third-order valence-electron chi connectivity index (χ3n) is 2.54. The number of hydrogen-bond donors (Lipinski definition) is 0. The van der Waals surface area contributed by atoms with Crippen LogP contribution < -0.4 is 0 Å². The highest BCUT2D eigenvalue weighted by Gasteiger charge is 2.12. The number of carbonyl (C=O) groups excluding carboxylic acids is 1. The number of aryl methyl sites for hydroxylation is 1. The smallest absolute Gasteiger partial charge is 0.160 e. The molecule has 0 N–H and O–H groups in total. The first kappa shape index (κ1) is 12.0. The second-order valence-corrected chi connectivity index (χ2v) is 5.27. The molecule has 0 unspecified atom stereocenters. The van der Waals surface area contributed by atoms with E-state index in [-0.39, 0.29) is 5.78 Å². The fourth-order valence-corrected chi connectivity index (χ4v) is 1.59. The zero-order chi connectivity index (χ0) is 11.5. The molecule has 1 heteroatoms. The highest BCUT2D eigenvalue weighted by atomic mass is 16.1. The van der Waals surface area contributed by atoms with Crippen molar-refractivity contribution in [1.29, 1.82) is 0 Å². The van der Waals surface area contributed by atoms with E-state index in [9.17, 15) is 4.79 Å². The summed E-state index contributed by atoms with van der Waals surface area (Å²) in [5.74, 6) is 0.166. The molecule has 0 aliphatic carbocycles. The molecule has 15 heavy (non-hydrogen) atoms. The number of Topliss-reactive ketones (excluding diaryl/α,β-unsaturated/α-hetero) is 1. The van der Waals surface area contributed by atoms with Gasteiger partial charge in [-0.05, 0) is 30.7 Å². The molecule has 0 spiro atoms. The average molecular weight is 204 g/mol. The molecule has 0 bridgehead atoms. The Morgan fingerprint density at radius 2 is 1.80 bits per heavy atom. The van der Waals surface area contributed by atoms with Crippen LogP contribution in [0.25, 0.3) is 0 Å². The summed E-state index contributed by atoms with van der Waals surface area (Å²) in [5.41, 5.74) is 2.38. The molecule has 0 fully saturated rings. The van der Waals surface area contributed by atoms with E-state index in [0.29, 0.717) is 5.41 Å². The van der Waals surface area contributed by atoms with Crippen LogP contribution in [0, 0.1) is 5.41 Å². The van der Waals surface area contributed by atoms with Gasteiger partial charge in [-0.2, -0.15) is 0 Å². The van der Waals surface area contributed by atoms with E-state index in [1.165, 1.54) is 5.56 Å². The molecule has 0 amide bonds. The van der Waals surface area contributed by atoms with Crippen molar-refractivity contribution in [3.05, 3.63) is 35.4 Å². The summed E-state index contributed by atoms with van der Waals surface area (Å²) in [6.07, 6.45) is 2.09. The molecule has 1 aromatic carbocycles. The minimum Gasteiger partial charge on any atom is -0.295 e. The molecular formula is C14H20O. The van der Waals surface area contributed by atoms with Gasteiger partial charge < -0.3 is 0 Å². The third-order valence-corrected chi connectivity index (χ3v) is 2.54. The SMILES string of the molecule is CC(=O)c1ccccc1CCC(C)(C)C. The molecular weight excluding hydrogens is 184 g/mol. The molecule has 0 atom stereocenters. The lowest BCUT2D eigenvalue weighted by molar-refractivity contribution is 0.101. The summed E-state index contributed by atoms with van der Waals surface area (Å²) in [4.78, 5) is 11.4. The van der Waals surface area contributed by atoms with Gasteiger partial charge >= 0.3 is 0 Å². The van der Waals surface area contributed by atoms with Crippen LogP contribution in [0.2, 0.25) is 0 Å². The molecule has 1 rings (SSSR count). The fraction of sp³-hybridized carbons (Fsp3) is 0.500. The first-order valence-corrected chi connectivity index (χ1v) is 5.49. The van der Waals surface area contributed by atoms with Crippen molar-refractivity contribution in [2.24, 2.45) is 5.41 Å². The first-order chi connectivity index (χ1) is 6.90. The summed E-state index contributed by atoms with van der Waals surface area (Å²) in [6.45, 7) is 8.31. The molecule has 0 saturated carbocycles. The molecule has 82 valence electrons. The molecule has 0 aromatic heterocycles. The molecule has 0 radical (unpaired) electrons. The summed E-state index contributed by atoms with van der Waals surface area (Å²) in [6, 6.07) is 7.91. The second-order valence-electron chi connectivity index (χ2n) is 5.27. The van der Waals surface area contributed by atoms with Gasteiger partial charge in [0, 0.05) is 5.56 Å². The van der Waals surface area contributed by atoms with Gasteiger partial charge in [0.25, 0.3) is 0 Å². The first-order valence-electron chi connectivity index (χ1n) is 5.49. The van der Waals surface area contributed by atoms with Crippen molar-refractivity contribution in [3.63, 3.8) is 0 Å². The van der Waals surface area contributed by atoms with Crippen LogP contribution in [0.3, 0.4) is 0 Å². The summed E-state index contributed by atoms with van der Waals surface area (Å²) < 4.78 is 0. The van der Waals surface area contributed by atoms with Crippen molar-refractivity contribution < 1.29 is 4.79 Å². The standard InChI is InChI=1S/C14H20O/c1-11(15)13-8-6-5-7-12(13)9-10-14(2,3)4/h5-8H,9-10H2,1-4H3. The van der Waals surface area contributed by atoms with E-state index in [1.807, 2.05) is 18.2 Å². The van der Waals surface area contributed by atoms with Crippen LogP contribution in [0.15, 0.2) is 24.3 Å². The Hall–Kier alpha value is -1.11. The lowest BCUT2D eigenvalue weighted by atomic mass is 9.87. The maximum absolute atomic E-state index is 11.4. The zero-order valence-corrected chi connectivity index (χ0v) is 10.1. The maximum Gasteiger partial charge on any atom is 0.160 e. The van der Waals surface area contributed by atoms with Crippen LogP contribution >= 0.6 is 0 Å². The Morgan fingerprint density at radius 3 is 2.33 bits per heavy atom. The minimum atomic E-state index is 0.166. The number of benzene rings is 1. The number of rotatable bonds is 3. The monoisotopic (exact) mass is 204 g/mol. The number of hydrogen-bond acceptors (Lipinski definition) is 1. The van der Waals surface area contributed by atoms with Crippen LogP contribution in [-0.2, 0) is 6.42 Å². The molecule has 0 aliphatic rings. The van der Waals surface area contributed by atoms with Gasteiger partial charge in [-0.3, -0.25) is 4.79 Å². The predicted octanol–water partition coefficient (Wildman–Crippen LogP) is 3.87. The maximum atomic E-state index is 11.4. The lowest BCUT2D eigenvalue weighted by Crippen LogP contribution is -2.08. The van der Waals surface area contributed by atoms with Gasteiger partial charge in [-0.1, -0.05) is 45.0 Å². The second kappa shape index (κ2) is 4.61. The van der Waals surface area contributed by atoms with Gasteiger partial charge in [0.2, 0.25) is 0 Å². The van der Waals surface area contributed by atoms with Crippen molar-refractivity contribution in [3.8, 4) is 0 Å². The Morgan fingerprint density at radius 1 is 1.20 bits per heavy atom. The summed E-state index contributed by atoms with van der Waals surface area (Å²) >= 11 is 0. The van der Waals surface area contributed by atoms with Crippen molar-refractivity contribution in [2.45, 2.75) is 40.5 Å². The minimum absolute atomic E-state index is 0.166. The van der Waals surface area contributed by atoms with Crippen molar-refractivity contribution >= 4 is 5.78 Å². The van der Waals surface area contributed by atoms with E-state index in [4.69, 9.17) is 0 Å². The van der Waals surface area contributed by atoms with Crippen LogP contribution in [0.4, 0.5) is 0 Å². The van der Waals surface area contributed by atoms with Gasteiger partial charge in [-0.15, -0.1) is 0 Å². The van der Waals surface area contributed by atoms with E-state index in [1.54, 1.807) is 6.92 Å². The fourth-order valence-electron chi connectivity index (χ4n) is 1.59. The Kier molecular flexibility index (Phi) is 3.67. The van der Waals surface area contributed by atoms with Gasteiger partial charge in [0.15, 0.2) is 5.78 Å². The quantitative estimate of drug-likeness (QED) is 0.683. The van der Waals surface area contributed by atoms with Crippen molar-refractivity contribution in [2.75, 3.05) is 0 Å².